The Morgan fingerprint density at radius 1 is 1.38 bits per heavy atom. The highest BCUT2D eigenvalue weighted by Gasteiger charge is 2.15. The SMILES string of the molecule is CC(C)n1cncc1CNc1cc(C(=O)O)c(F)cc1F. The van der Waals surface area contributed by atoms with E-state index in [1.54, 1.807) is 12.5 Å². The highest BCUT2D eigenvalue weighted by Crippen LogP contribution is 2.21. The van der Waals surface area contributed by atoms with E-state index in [1.807, 2.05) is 18.4 Å². The number of imidazole rings is 1. The lowest BCUT2D eigenvalue weighted by atomic mass is 10.1. The van der Waals surface area contributed by atoms with E-state index in [4.69, 9.17) is 5.11 Å². The number of anilines is 1. The second-order valence-corrected chi connectivity index (χ2v) is 4.86. The summed E-state index contributed by atoms with van der Waals surface area (Å²) in [6, 6.07) is 1.70. The molecule has 21 heavy (non-hydrogen) atoms. The smallest absolute Gasteiger partial charge is 0.338 e. The number of carbonyl (C=O) groups is 1. The summed E-state index contributed by atoms with van der Waals surface area (Å²) < 4.78 is 28.9. The summed E-state index contributed by atoms with van der Waals surface area (Å²) in [4.78, 5) is 14.9. The standard InChI is InChI=1S/C14H15F2N3O2/c1-8(2)19-7-17-5-9(19)6-18-13-3-10(14(20)21)11(15)4-12(13)16/h3-5,7-8,18H,6H2,1-2H3,(H,20,21). The summed E-state index contributed by atoms with van der Waals surface area (Å²) in [6.07, 6.45) is 3.29. The van der Waals surface area contributed by atoms with Gasteiger partial charge in [0.2, 0.25) is 0 Å². The third-order valence-electron chi connectivity index (χ3n) is 3.05. The molecule has 1 heterocycles. The van der Waals surface area contributed by atoms with Gasteiger partial charge in [-0.1, -0.05) is 0 Å². The summed E-state index contributed by atoms with van der Waals surface area (Å²) in [5.41, 5.74) is 0.173. The van der Waals surface area contributed by atoms with E-state index < -0.39 is 23.2 Å². The molecular formula is C14H15F2N3O2. The van der Waals surface area contributed by atoms with E-state index in [1.165, 1.54) is 0 Å². The van der Waals surface area contributed by atoms with Crippen molar-refractivity contribution < 1.29 is 18.7 Å². The highest BCUT2D eigenvalue weighted by molar-refractivity contribution is 5.89. The van der Waals surface area contributed by atoms with Crippen LogP contribution in [0.1, 0.15) is 35.9 Å². The summed E-state index contributed by atoms with van der Waals surface area (Å²) in [7, 11) is 0. The fourth-order valence-corrected chi connectivity index (χ4v) is 1.97. The first-order valence-electron chi connectivity index (χ1n) is 6.37. The number of benzene rings is 1. The predicted octanol–water partition coefficient (Wildman–Crippen LogP) is 3.05. The van der Waals surface area contributed by atoms with Crippen LogP contribution in [0.2, 0.25) is 0 Å². The maximum atomic E-state index is 13.7. The number of carboxylic acid groups (broad SMARTS) is 1. The molecule has 1 aromatic carbocycles. The van der Waals surface area contributed by atoms with E-state index >= 15 is 0 Å². The van der Waals surface area contributed by atoms with Crippen molar-refractivity contribution in [2.24, 2.45) is 0 Å². The normalized spacial score (nSPS) is 10.9. The van der Waals surface area contributed by atoms with Crippen LogP contribution in [0.25, 0.3) is 0 Å². The number of nitrogens with zero attached hydrogens (tertiary/aromatic N) is 2. The molecule has 0 amide bonds. The molecule has 0 spiro atoms. The summed E-state index contributed by atoms with van der Waals surface area (Å²) in [6.45, 7) is 4.21. The number of carboxylic acids is 1. The molecule has 112 valence electrons. The van der Waals surface area contributed by atoms with Crippen LogP contribution in [0.5, 0.6) is 0 Å². The molecule has 0 saturated heterocycles. The van der Waals surface area contributed by atoms with Gasteiger partial charge in [-0.05, 0) is 19.9 Å². The zero-order valence-electron chi connectivity index (χ0n) is 11.6. The number of nitrogens with one attached hydrogen (secondary N) is 1. The Labute approximate surface area is 120 Å². The molecule has 0 aliphatic heterocycles. The lowest BCUT2D eigenvalue weighted by Crippen LogP contribution is -2.11. The predicted molar refractivity (Wildman–Crippen MR) is 73.3 cm³/mol. The monoisotopic (exact) mass is 295 g/mol. The Balaban J connectivity index is 2.22. The van der Waals surface area contributed by atoms with Gasteiger partial charge in [0.15, 0.2) is 0 Å². The van der Waals surface area contributed by atoms with Crippen LogP contribution < -0.4 is 5.32 Å². The lowest BCUT2D eigenvalue weighted by Gasteiger charge is -2.13. The molecule has 0 atom stereocenters. The molecule has 0 saturated carbocycles. The van der Waals surface area contributed by atoms with E-state index in [-0.39, 0.29) is 18.3 Å². The molecule has 1 aromatic heterocycles. The van der Waals surface area contributed by atoms with Gasteiger partial charge in [0.1, 0.15) is 11.6 Å². The van der Waals surface area contributed by atoms with Crippen LogP contribution in [-0.2, 0) is 6.54 Å². The van der Waals surface area contributed by atoms with Gasteiger partial charge in [-0.2, -0.15) is 0 Å². The first kappa shape index (κ1) is 15.0. The largest absolute Gasteiger partial charge is 0.478 e. The lowest BCUT2D eigenvalue weighted by molar-refractivity contribution is 0.0692. The maximum absolute atomic E-state index is 13.7. The summed E-state index contributed by atoms with van der Waals surface area (Å²) >= 11 is 0. The Morgan fingerprint density at radius 2 is 2.10 bits per heavy atom. The summed E-state index contributed by atoms with van der Waals surface area (Å²) in [5, 5.41) is 11.6. The number of rotatable bonds is 5. The van der Waals surface area contributed by atoms with Crippen molar-refractivity contribution in [3.05, 3.63) is 47.5 Å². The van der Waals surface area contributed by atoms with Gasteiger partial charge in [0.25, 0.3) is 0 Å². The maximum Gasteiger partial charge on any atom is 0.338 e. The van der Waals surface area contributed by atoms with Gasteiger partial charge in [-0.25, -0.2) is 18.6 Å². The molecule has 0 fully saturated rings. The number of aromatic nitrogens is 2. The molecule has 0 radical (unpaired) electrons. The van der Waals surface area contributed by atoms with Crippen molar-refractivity contribution in [1.82, 2.24) is 9.55 Å². The Kier molecular flexibility index (Phi) is 4.21. The van der Waals surface area contributed by atoms with Crippen molar-refractivity contribution in [1.29, 1.82) is 0 Å². The van der Waals surface area contributed by atoms with Crippen molar-refractivity contribution in [3.63, 3.8) is 0 Å². The van der Waals surface area contributed by atoms with Gasteiger partial charge < -0.3 is 15.0 Å². The Hall–Kier alpha value is -2.44. The van der Waals surface area contributed by atoms with Gasteiger partial charge in [-0.15, -0.1) is 0 Å². The fourth-order valence-electron chi connectivity index (χ4n) is 1.97. The average molecular weight is 295 g/mol. The van der Waals surface area contributed by atoms with Crippen molar-refractivity contribution >= 4 is 11.7 Å². The fraction of sp³-hybridized carbons (Fsp3) is 0.286. The second kappa shape index (κ2) is 5.90. The van der Waals surface area contributed by atoms with Crippen LogP contribution in [0.3, 0.4) is 0 Å². The second-order valence-electron chi connectivity index (χ2n) is 4.86. The molecule has 0 unspecified atom stereocenters. The third kappa shape index (κ3) is 3.18. The van der Waals surface area contributed by atoms with Gasteiger partial charge in [0.05, 0.1) is 29.8 Å². The molecule has 2 rings (SSSR count). The number of halogens is 2. The van der Waals surface area contributed by atoms with Gasteiger partial charge in [0, 0.05) is 18.3 Å². The Bertz CT molecular complexity index is 668. The minimum absolute atomic E-state index is 0.0645. The van der Waals surface area contributed by atoms with Gasteiger partial charge in [-0.3, -0.25) is 0 Å². The van der Waals surface area contributed by atoms with E-state index in [0.717, 1.165) is 11.8 Å². The quantitative estimate of drug-likeness (QED) is 0.889. The topological polar surface area (TPSA) is 67.2 Å². The number of hydrogen-bond donors (Lipinski definition) is 2. The third-order valence-corrected chi connectivity index (χ3v) is 3.05. The molecule has 0 aliphatic rings. The molecule has 5 nitrogen and oxygen atoms in total. The number of aromatic carboxylic acids is 1. The molecule has 7 heteroatoms. The molecule has 0 bridgehead atoms. The Morgan fingerprint density at radius 3 is 2.71 bits per heavy atom. The van der Waals surface area contributed by atoms with Gasteiger partial charge >= 0.3 is 5.97 Å². The molecule has 2 N–H and O–H groups in total. The molecule has 2 aromatic rings. The van der Waals surface area contributed by atoms with E-state index in [9.17, 15) is 13.6 Å². The van der Waals surface area contributed by atoms with Crippen LogP contribution in [0.15, 0.2) is 24.7 Å². The summed E-state index contributed by atoms with van der Waals surface area (Å²) in [5.74, 6) is -3.38. The average Bonchev–Trinajstić information content (AvgIpc) is 2.85. The van der Waals surface area contributed by atoms with Crippen LogP contribution >= 0.6 is 0 Å². The first-order chi connectivity index (χ1) is 9.90. The van der Waals surface area contributed by atoms with Crippen LogP contribution in [0, 0.1) is 11.6 Å². The minimum Gasteiger partial charge on any atom is -0.478 e. The van der Waals surface area contributed by atoms with E-state index in [2.05, 4.69) is 10.3 Å². The highest BCUT2D eigenvalue weighted by atomic mass is 19.1. The zero-order chi connectivity index (χ0) is 15.6. The zero-order valence-corrected chi connectivity index (χ0v) is 11.6. The first-order valence-corrected chi connectivity index (χ1v) is 6.37. The van der Waals surface area contributed by atoms with Crippen molar-refractivity contribution in [2.45, 2.75) is 26.4 Å². The number of hydrogen-bond acceptors (Lipinski definition) is 3. The molecular weight excluding hydrogens is 280 g/mol. The van der Waals surface area contributed by atoms with E-state index in [0.29, 0.717) is 6.07 Å². The van der Waals surface area contributed by atoms with Crippen molar-refractivity contribution in [2.75, 3.05) is 5.32 Å². The molecule has 0 aliphatic carbocycles. The minimum atomic E-state index is -1.44. The van der Waals surface area contributed by atoms with Crippen molar-refractivity contribution in [3.8, 4) is 0 Å². The van der Waals surface area contributed by atoms with Crippen LogP contribution in [-0.4, -0.2) is 20.6 Å². The van der Waals surface area contributed by atoms with Crippen LogP contribution in [0.4, 0.5) is 14.5 Å².